The Kier molecular flexibility index (Phi) is 4.81. The Morgan fingerprint density at radius 1 is 1.24 bits per heavy atom. The van der Waals surface area contributed by atoms with Crippen LogP contribution in [-0.4, -0.2) is 13.0 Å². The molecule has 0 radical (unpaired) electrons. The molecule has 0 aromatic heterocycles. The van der Waals surface area contributed by atoms with Crippen LogP contribution in [0.15, 0.2) is 36.4 Å². The molecule has 3 nitrogen and oxygen atoms in total. The molecule has 0 atom stereocenters. The molecule has 0 aliphatic carbocycles. The number of aryl methyl sites for hydroxylation is 1. The highest BCUT2D eigenvalue weighted by atomic mass is 35.5. The predicted molar refractivity (Wildman–Crippen MR) is 83.3 cm³/mol. The Balaban J connectivity index is 2.17. The molecule has 0 bridgehead atoms. The summed E-state index contributed by atoms with van der Waals surface area (Å²) in [4.78, 5) is 11.6. The number of benzene rings is 2. The molecule has 21 heavy (non-hydrogen) atoms. The zero-order valence-corrected chi connectivity index (χ0v) is 12.6. The first-order valence-corrected chi connectivity index (χ1v) is 6.89. The Hall–Kier alpha value is -2.07. The smallest absolute Gasteiger partial charge is 0.251 e. The van der Waals surface area contributed by atoms with E-state index in [0.29, 0.717) is 17.1 Å². The highest BCUT2D eigenvalue weighted by Crippen LogP contribution is 2.19. The molecule has 0 saturated heterocycles. The maximum atomic E-state index is 13.3. The monoisotopic (exact) mass is 306 g/mol. The fraction of sp³-hybridized carbons (Fsp3) is 0.188. The van der Waals surface area contributed by atoms with Gasteiger partial charge in [0, 0.05) is 29.9 Å². The number of carbonyl (C=O) groups is 1. The first-order chi connectivity index (χ1) is 9.99. The second-order valence-electron chi connectivity index (χ2n) is 4.74. The number of carbonyl (C=O) groups excluding carboxylic acids is 1. The Labute approximate surface area is 128 Å². The van der Waals surface area contributed by atoms with Gasteiger partial charge in [0.15, 0.2) is 0 Å². The van der Waals surface area contributed by atoms with Crippen molar-refractivity contribution in [1.29, 1.82) is 0 Å². The van der Waals surface area contributed by atoms with E-state index in [2.05, 4.69) is 10.6 Å². The lowest BCUT2D eigenvalue weighted by Crippen LogP contribution is -2.18. The van der Waals surface area contributed by atoms with Crippen LogP contribution in [0.4, 0.5) is 10.1 Å². The third kappa shape index (κ3) is 3.95. The van der Waals surface area contributed by atoms with Gasteiger partial charge in [-0.25, -0.2) is 4.39 Å². The SMILES string of the molecule is CNC(=O)c1ccc(C)c(NCc2cc(F)cc(Cl)c2)c1. The van der Waals surface area contributed by atoms with Crippen molar-refractivity contribution in [3.63, 3.8) is 0 Å². The number of nitrogens with one attached hydrogen (secondary N) is 2. The van der Waals surface area contributed by atoms with Gasteiger partial charge in [0.1, 0.15) is 5.82 Å². The molecule has 0 saturated carbocycles. The van der Waals surface area contributed by atoms with E-state index in [1.54, 1.807) is 25.2 Å². The van der Waals surface area contributed by atoms with Crippen molar-refractivity contribution in [1.82, 2.24) is 5.32 Å². The molecule has 0 unspecified atom stereocenters. The van der Waals surface area contributed by atoms with Crippen molar-refractivity contribution in [2.45, 2.75) is 13.5 Å². The molecule has 0 spiro atoms. The van der Waals surface area contributed by atoms with E-state index in [1.165, 1.54) is 12.1 Å². The van der Waals surface area contributed by atoms with E-state index < -0.39 is 0 Å². The van der Waals surface area contributed by atoms with Crippen LogP contribution in [0.3, 0.4) is 0 Å². The number of rotatable bonds is 4. The summed E-state index contributed by atoms with van der Waals surface area (Å²) in [5, 5.41) is 6.14. The lowest BCUT2D eigenvalue weighted by atomic mass is 10.1. The lowest BCUT2D eigenvalue weighted by Gasteiger charge is -2.11. The van der Waals surface area contributed by atoms with Crippen molar-refractivity contribution in [2.75, 3.05) is 12.4 Å². The standard InChI is InChI=1S/C16H16ClFN2O/c1-10-3-4-12(16(21)19-2)7-15(10)20-9-11-5-13(17)8-14(18)6-11/h3-8,20H,9H2,1-2H3,(H,19,21). The molecule has 2 aromatic carbocycles. The molecule has 0 fully saturated rings. The molecule has 0 heterocycles. The van der Waals surface area contributed by atoms with Crippen LogP contribution in [0, 0.1) is 12.7 Å². The first-order valence-electron chi connectivity index (χ1n) is 6.51. The summed E-state index contributed by atoms with van der Waals surface area (Å²) >= 11 is 5.83. The van der Waals surface area contributed by atoms with Crippen molar-refractivity contribution in [2.24, 2.45) is 0 Å². The van der Waals surface area contributed by atoms with Crippen molar-refractivity contribution in [3.8, 4) is 0 Å². The van der Waals surface area contributed by atoms with E-state index in [1.807, 2.05) is 13.0 Å². The number of amides is 1. The first kappa shape index (κ1) is 15.3. The van der Waals surface area contributed by atoms with Gasteiger partial charge in [-0.1, -0.05) is 17.7 Å². The van der Waals surface area contributed by atoms with E-state index in [4.69, 9.17) is 11.6 Å². The molecular formula is C16H16ClFN2O. The topological polar surface area (TPSA) is 41.1 Å². The summed E-state index contributed by atoms with van der Waals surface area (Å²) in [6, 6.07) is 9.80. The minimum Gasteiger partial charge on any atom is -0.381 e. The summed E-state index contributed by atoms with van der Waals surface area (Å²) in [6.07, 6.45) is 0. The summed E-state index contributed by atoms with van der Waals surface area (Å²) in [6.45, 7) is 2.37. The van der Waals surface area contributed by atoms with Crippen LogP contribution in [0.5, 0.6) is 0 Å². The van der Waals surface area contributed by atoms with Gasteiger partial charge >= 0.3 is 0 Å². The van der Waals surface area contributed by atoms with E-state index >= 15 is 0 Å². The fourth-order valence-corrected chi connectivity index (χ4v) is 2.25. The van der Waals surface area contributed by atoms with Crippen LogP contribution < -0.4 is 10.6 Å². The second kappa shape index (κ2) is 6.59. The van der Waals surface area contributed by atoms with Crippen LogP contribution in [-0.2, 0) is 6.54 Å². The van der Waals surface area contributed by atoms with E-state index in [0.717, 1.165) is 16.8 Å². The molecular weight excluding hydrogens is 291 g/mol. The van der Waals surface area contributed by atoms with Crippen LogP contribution in [0.1, 0.15) is 21.5 Å². The predicted octanol–water partition coefficient (Wildman–Crippen LogP) is 3.76. The van der Waals surface area contributed by atoms with Gasteiger partial charge in [0.05, 0.1) is 0 Å². The number of hydrogen-bond donors (Lipinski definition) is 2. The van der Waals surface area contributed by atoms with Gasteiger partial charge in [0.25, 0.3) is 5.91 Å². The zero-order chi connectivity index (χ0) is 15.4. The number of halogens is 2. The van der Waals surface area contributed by atoms with E-state index in [9.17, 15) is 9.18 Å². The van der Waals surface area contributed by atoms with Crippen LogP contribution >= 0.6 is 11.6 Å². The minimum absolute atomic E-state index is 0.146. The molecule has 0 aliphatic rings. The Morgan fingerprint density at radius 2 is 2.00 bits per heavy atom. The Bertz CT molecular complexity index is 653. The molecule has 2 N–H and O–H groups in total. The van der Waals surface area contributed by atoms with Gasteiger partial charge in [-0.3, -0.25) is 4.79 Å². The van der Waals surface area contributed by atoms with E-state index in [-0.39, 0.29) is 11.7 Å². The molecule has 0 aliphatic heterocycles. The Morgan fingerprint density at radius 3 is 2.67 bits per heavy atom. The van der Waals surface area contributed by atoms with Gasteiger partial charge in [0.2, 0.25) is 0 Å². The molecule has 1 amide bonds. The molecule has 5 heteroatoms. The van der Waals surface area contributed by atoms with Gasteiger partial charge in [-0.05, 0) is 48.4 Å². The highest BCUT2D eigenvalue weighted by molar-refractivity contribution is 6.30. The maximum absolute atomic E-state index is 13.3. The van der Waals surface area contributed by atoms with Crippen LogP contribution in [0.25, 0.3) is 0 Å². The third-order valence-electron chi connectivity index (χ3n) is 3.13. The van der Waals surface area contributed by atoms with Crippen molar-refractivity contribution >= 4 is 23.2 Å². The zero-order valence-electron chi connectivity index (χ0n) is 11.8. The quantitative estimate of drug-likeness (QED) is 0.903. The number of hydrogen-bond acceptors (Lipinski definition) is 2. The molecule has 2 aromatic rings. The average molecular weight is 307 g/mol. The summed E-state index contributed by atoms with van der Waals surface area (Å²) in [5.41, 5.74) is 3.15. The summed E-state index contributed by atoms with van der Waals surface area (Å²) in [7, 11) is 1.59. The number of anilines is 1. The van der Waals surface area contributed by atoms with Crippen LogP contribution in [0.2, 0.25) is 5.02 Å². The minimum atomic E-state index is -0.366. The maximum Gasteiger partial charge on any atom is 0.251 e. The van der Waals surface area contributed by atoms with Gasteiger partial charge in [-0.15, -0.1) is 0 Å². The van der Waals surface area contributed by atoms with Crippen molar-refractivity contribution < 1.29 is 9.18 Å². The highest BCUT2D eigenvalue weighted by Gasteiger charge is 2.07. The second-order valence-corrected chi connectivity index (χ2v) is 5.18. The van der Waals surface area contributed by atoms with Gasteiger partial charge in [-0.2, -0.15) is 0 Å². The molecule has 2 rings (SSSR count). The normalized spacial score (nSPS) is 10.3. The fourth-order valence-electron chi connectivity index (χ4n) is 2.01. The van der Waals surface area contributed by atoms with Gasteiger partial charge < -0.3 is 10.6 Å². The third-order valence-corrected chi connectivity index (χ3v) is 3.35. The largest absolute Gasteiger partial charge is 0.381 e. The lowest BCUT2D eigenvalue weighted by molar-refractivity contribution is 0.0963. The average Bonchev–Trinajstić information content (AvgIpc) is 2.44. The van der Waals surface area contributed by atoms with Crippen molar-refractivity contribution in [3.05, 3.63) is 63.9 Å². The summed E-state index contributed by atoms with van der Waals surface area (Å²) in [5.74, 6) is -0.512. The summed E-state index contributed by atoms with van der Waals surface area (Å²) < 4.78 is 13.3. The molecule has 110 valence electrons.